The van der Waals surface area contributed by atoms with E-state index >= 15 is 0 Å². The summed E-state index contributed by atoms with van der Waals surface area (Å²) in [5.41, 5.74) is 6.91. The minimum Gasteiger partial charge on any atom is -0.495 e. The minimum atomic E-state index is -0.474. The lowest BCUT2D eigenvalue weighted by Gasteiger charge is -2.07. The first-order valence-corrected chi connectivity index (χ1v) is 5.14. The highest BCUT2D eigenvalue weighted by atomic mass is 16.6. The number of aromatic nitrogens is 2. The Labute approximate surface area is 103 Å². The fourth-order valence-corrected chi connectivity index (χ4v) is 1.70. The number of nitrogen functional groups attached to an aromatic ring is 1. The number of nitro groups is 1. The molecule has 0 bridgehead atoms. The molecule has 7 heteroatoms. The third kappa shape index (κ3) is 1.97. The Kier molecular flexibility index (Phi) is 2.88. The number of hydrogen-bond acceptors (Lipinski definition) is 5. The number of ether oxygens (including phenoxy) is 1. The van der Waals surface area contributed by atoms with Crippen LogP contribution in [0.5, 0.6) is 5.75 Å². The molecule has 0 unspecified atom stereocenters. The van der Waals surface area contributed by atoms with Crippen LogP contribution in [0.15, 0.2) is 24.5 Å². The molecule has 0 aliphatic carbocycles. The Morgan fingerprint density at radius 2 is 2.22 bits per heavy atom. The molecule has 0 spiro atoms. The third-order valence-electron chi connectivity index (χ3n) is 2.56. The number of hydrogen-bond donors (Lipinski definition) is 1. The largest absolute Gasteiger partial charge is 0.495 e. The van der Waals surface area contributed by atoms with E-state index in [1.165, 1.54) is 13.2 Å². The average Bonchev–Trinajstić information content (AvgIpc) is 2.75. The van der Waals surface area contributed by atoms with E-state index < -0.39 is 4.92 Å². The zero-order valence-electron chi connectivity index (χ0n) is 9.95. The Morgan fingerprint density at radius 1 is 1.50 bits per heavy atom. The summed E-state index contributed by atoms with van der Waals surface area (Å²) in [6, 6.07) is 2.84. The van der Waals surface area contributed by atoms with Gasteiger partial charge in [0.05, 0.1) is 29.5 Å². The van der Waals surface area contributed by atoms with Crippen LogP contribution >= 0.6 is 0 Å². The summed E-state index contributed by atoms with van der Waals surface area (Å²) in [6.45, 7) is 0. The molecule has 1 heterocycles. The predicted molar refractivity (Wildman–Crippen MR) is 66.3 cm³/mol. The van der Waals surface area contributed by atoms with Crippen molar-refractivity contribution in [2.45, 2.75) is 0 Å². The molecule has 0 radical (unpaired) electrons. The van der Waals surface area contributed by atoms with E-state index in [1.807, 2.05) is 0 Å². The van der Waals surface area contributed by atoms with Gasteiger partial charge in [0, 0.05) is 24.9 Å². The summed E-state index contributed by atoms with van der Waals surface area (Å²) < 4.78 is 6.65. The molecule has 0 saturated carbocycles. The molecular formula is C11H12N4O3. The van der Waals surface area contributed by atoms with Gasteiger partial charge < -0.3 is 10.5 Å². The van der Waals surface area contributed by atoms with Crippen LogP contribution in [-0.2, 0) is 7.05 Å². The Balaban J connectivity index is 2.66. The van der Waals surface area contributed by atoms with Crippen LogP contribution in [0.1, 0.15) is 0 Å². The van der Waals surface area contributed by atoms with Crippen molar-refractivity contribution in [1.29, 1.82) is 0 Å². The van der Waals surface area contributed by atoms with Crippen molar-refractivity contribution in [1.82, 2.24) is 9.78 Å². The van der Waals surface area contributed by atoms with E-state index in [1.54, 1.807) is 30.2 Å². The summed E-state index contributed by atoms with van der Waals surface area (Å²) in [7, 11) is 3.20. The van der Waals surface area contributed by atoms with Gasteiger partial charge in [0.15, 0.2) is 0 Å². The highest BCUT2D eigenvalue weighted by Crippen LogP contribution is 2.36. The van der Waals surface area contributed by atoms with Crippen LogP contribution < -0.4 is 10.5 Å². The number of benzene rings is 1. The Morgan fingerprint density at radius 3 is 2.72 bits per heavy atom. The lowest BCUT2D eigenvalue weighted by molar-refractivity contribution is -0.384. The van der Waals surface area contributed by atoms with E-state index in [0.29, 0.717) is 16.9 Å². The number of aryl methyl sites for hydroxylation is 1. The van der Waals surface area contributed by atoms with Crippen molar-refractivity contribution in [2.24, 2.45) is 7.05 Å². The van der Waals surface area contributed by atoms with Crippen molar-refractivity contribution in [3.63, 3.8) is 0 Å². The fourth-order valence-electron chi connectivity index (χ4n) is 1.70. The van der Waals surface area contributed by atoms with Gasteiger partial charge in [-0.05, 0) is 6.07 Å². The molecular weight excluding hydrogens is 236 g/mol. The Hall–Kier alpha value is -2.57. The van der Waals surface area contributed by atoms with Gasteiger partial charge in [0.2, 0.25) is 0 Å². The number of nitrogens with zero attached hydrogens (tertiary/aromatic N) is 3. The van der Waals surface area contributed by atoms with Crippen LogP contribution in [0.25, 0.3) is 11.1 Å². The van der Waals surface area contributed by atoms with Gasteiger partial charge in [-0.1, -0.05) is 0 Å². The van der Waals surface area contributed by atoms with Gasteiger partial charge in [0.1, 0.15) is 5.75 Å². The van der Waals surface area contributed by atoms with Crippen LogP contribution in [0, 0.1) is 10.1 Å². The first-order valence-electron chi connectivity index (χ1n) is 5.14. The standard InChI is InChI=1S/C11H12N4O3/c1-14-6-7(5-13-14)8-3-11(18-2)9(12)4-10(8)15(16)17/h3-6H,12H2,1-2H3. The number of nitro benzene ring substituents is 1. The fraction of sp³-hybridized carbons (Fsp3) is 0.182. The van der Waals surface area contributed by atoms with Gasteiger partial charge in [-0.25, -0.2) is 0 Å². The molecule has 0 fully saturated rings. The zero-order chi connectivity index (χ0) is 13.3. The highest BCUT2D eigenvalue weighted by molar-refractivity contribution is 5.78. The van der Waals surface area contributed by atoms with E-state index in [0.717, 1.165) is 0 Å². The van der Waals surface area contributed by atoms with Crippen molar-refractivity contribution in [2.75, 3.05) is 12.8 Å². The molecule has 0 aliphatic heterocycles. The van der Waals surface area contributed by atoms with Gasteiger partial charge >= 0.3 is 0 Å². The predicted octanol–water partition coefficient (Wildman–Crippen LogP) is 1.59. The summed E-state index contributed by atoms with van der Waals surface area (Å²) in [4.78, 5) is 10.6. The van der Waals surface area contributed by atoms with Crippen molar-refractivity contribution in [3.8, 4) is 16.9 Å². The van der Waals surface area contributed by atoms with Crippen molar-refractivity contribution < 1.29 is 9.66 Å². The third-order valence-corrected chi connectivity index (χ3v) is 2.56. The van der Waals surface area contributed by atoms with Gasteiger partial charge in [-0.3, -0.25) is 14.8 Å². The van der Waals surface area contributed by atoms with E-state index in [9.17, 15) is 10.1 Å². The normalized spacial score (nSPS) is 10.3. The van der Waals surface area contributed by atoms with Crippen molar-refractivity contribution >= 4 is 11.4 Å². The topological polar surface area (TPSA) is 96.2 Å². The lowest BCUT2D eigenvalue weighted by Crippen LogP contribution is -1.97. The maximum Gasteiger partial charge on any atom is 0.279 e. The molecule has 0 amide bonds. The summed E-state index contributed by atoms with van der Waals surface area (Å²) in [6.07, 6.45) is 3.25. The summed E-state index contributed by atoms with van der Waals surface area (Å²) in [5, 5.41) is 15.0. The maximum atomic E-state index is 11.0. The van der Waals surface area contributed by atoms with Crippen LogP contribution in [0.2, 0.25) is 0 Å². The molecule has 0 atom stereocenters. The van der Waals surface area contributed by atoms with E-state index in [4.69, 9.17) is 10.5 Å². The first kappa shape index (κ1) is 11.9. The van der Waals surface area contributed by atoms with Crippen LogP contribution in [0.3, 0.4) is 0 Å². The molecule has 2 rings (SSSR count). The smallest absolute Gasteiger partial charge is 0.279 e. The molecule has 2 aromatic rings. The monoisotopic (exact) mass is 248 g/mol. The molecule has 18 heavy (non-hydrogen) atoms. The average molecular weight is 248 g/mol. The quantitative estimate of drug-likeness (QED) is 0.505. The van der Waals surface area contributed by atoms with E-state index in [2.05, 4.69) is 5.10 Å². The van der Waals surface area contributed by atoms with Gasteiger partial charge in [0.25, 0.3) is 5.69 Å². The highest BCUT2D eigenvalue weighted by Gasteiger charge is 2.19. The SMILES string of the molecule is COc1cc(-c2cnn(C)c2)c([N+](=O)[O-])cc1N. The Bertz CT molecular complexity index is 606. The number of rotatable bonds is 3. The molecule has 1 aromatic carbocycles. The van der Waals surface area contributed by atoms with E-state index in [-0.39, 0.29) is 11.4 Å². The minimum absolute atomic E-state index is 0.0682. The molecule has 1 aromatic heterocycles. The maximum absolute atomic E-state index is 11.0. The second-order valence-corrected chi connectivity index (χ2v) is 3.77. The van der Waals surface area contributed by atoms with Crippen LogP contribution in [0.4, 0.5) is 11.4 Å². The second-order valence-electron chi connectivity index (χ2n) is 3.77. The number of nitrogens with two attached hydrogens (primary N) is 1. The molecule has 0 saturated heterocycles. The number of anilines is 1. The molecule has 2 N–H and O–H groups in total. The lowest BCUT2D eigenvalue weighted by atomic mass is 10.1. The van der Waals surface area contributed by atoms with Crippen LogP contribution in [-0.4, -0.2) is 21.8 Å². The summed E-state index contributed by atoms with van der Waals surface area (Å²) in [5.74, 6) is 0.402. The second kappa shape index (κ2) is 4.36. The number of methoxy groups -OCH3 is 1. The van der Waals surface area contributed by atoms with Gasteiger partial charge in [-0.15, -0.1) is 0 Å². The molecule has 94 valence electrons. The molecule has 0 aliphatic rings. The summed E-state index contributed by atoms with van der Waals surface area (Å²) >= 11 is 0. The zero-order valence-corrected chi connectivity index (χ0v) is 9.95. The van der Waals surface area contributed by atoms with Crippen molar-refractivity contribution in [3.05, 3.63) is 34.6 Å². The van der Waals surface area contributed by atoms with Gasteiger partial charge in [-0.2, -0.15) is 5.10 Å². The molecule has 7 nitrogen and oxygen atoms in total. The first-order chi connectivity index (χ1) is 8.52.